The van der Waals surface area contributed by atoms with Gasteiger partial charge in [0.2, 0.25) is 0 Å². The van der Waals surface area contributed by atoms with Crippen LogP contribution in [0.1, 0.15) is 31.1 Å². The predicted octanol–water partition coefficient (Wildman–Crippen LogP) is 4.07. The van der Waals surface area contributed by atoms with Crippen LogP contribution >= 0.6 is 0 Å². The minimum absolute atomic E-state index is 0.464. The Morgan fingerprint density at radius 2 is 1.68 bits per heavy atom. The molecule has 1 unspecified atom stereocenters. The Bertz CT molecular complexity index is 531. The van der Waals surface area contributed by atoms with E-state index in [-0.39, 0.29) is 0 Å². The van der Waals surface area contributed by atoms with E-state index < -0.39 is 6.10 Å². The van der Waals surface area contributed by atoms with Gasteiger partial charge < -0.3 is 10.0 Å². The largest absolute Gasteiger partial charge is 0.389 e. The number of para-hydroxylation sites is 1. The molecule has 0 saturated heterocycles. The Kier molecular flexibility index (Phi) is 4.23. The third-order valence-electron chi connectivity index (χ3n) is 3.48. The fourth-order valence-electron chi connectivity index (χ4n) is 2.24. The molecule has 0 fully saturated rings. The molecule has 0 aliphatic rings. The van der Waals surface area contributed by atoms with Gasteiger partial charge in [-0.1, -0.05) is 37.3 Å². The van der Waals surface area contributed by atoms with Crippen LogP contribution in [0.2, 0.25) is 0 Å². The van der Waals surface area contributed by atoms with Gasteiger partial charge in [-0.15, -0.1) is 0 Å². The maximum absolute atomic E-state index is 9.86. The number of aryl methyl sites for hydroxylation is 1. The first kappa shape index (κ1) is 13.6. The Balaban J connectivity index is 2.35. The molecule has 2 nitrogen and oxygen atoms in total. The van der Waals surface area contributed by atoms with Gasteiger partial charge in [-0.2, -0.15) is 0 Å². The highest BCUT2D eigenvalue weighted by Gasteiger charge is 2.11. The van der Waals surface area contributed by atoms with Crippen LogP contribution in [0.4, 0.5) is 11.4 Å². The number of rotatable bonds is 4. The van der Waals surface area contributed by atoms with Gasteiger partial charge in [-0.25, -0.2) is 0 Å². The number of benzene rings is 2. The molecule has 19 heavy (non-hydrogen) atoms. The molecule has 1 N–H and O–H groups in total. The van der Waals surface area contributed by atoms with Crippen molar-refractivity contribution in [3.8, 4) is 0 Å². The summed E-state index contributed by atoms with van der Waals surface area (Å²) in [4.78, 5) is 2.11. The van der Waals surface area contributed by atoms with Gasteiger partial charge in [-0.05, 0) is 37.1 Å². The summed E-state index contributed by atoms with van der Waals surface area (Å²) in [6.07, 6.45) is 0.586. The van der Waals surface area contributed by atoms with Crippen molar-refractivity contribution in [3.05, 3.63) is 59.7 Å². The second-order valence-corrected chi connectivity index (χ2v) is 4.81. The normalized spacial score (nSPS) is 12.2. The summed E-state index contributed by atoms with van der Waals surface area (Å²) in [5.74, 6) is 0. The average molecular weight is 255 g/mol. The minimum atomic E-state index is -0.464. The van der Waals surface area contributed by atoms with Crippen LogP contribution in [-0.4, -0.2) is 12.2 Å². The zero-order chi connectivity index (χ0) is 13.8. The average Bonchev–Trinajstić information content (AvgIpc) is 2.46. The molecule has 2 aromatic carbocycles. The van der Waals surface area contributed by atoms with E-state index in [9.17, 15) is 5.11 Å². The third kappa shape index (κ3) is 2.96. The maximum Gasteiger partial charge on any atom is 0.0782 e. The van der Waals surface area contributed by atoms with Gasteiger partial charge in [0.25, 0.3) is 0 Å². The molecule has 2 rings (SSSR count). The molecule has 100 valence electrons. The maximum atomic E-state index is 9.86. The van der Waals surface area contributed by atoms with Crippen molar-refractivity contribution >= 4 is 11.4 Å². The fraction of sp³-hybridized carbons (Fsp3) is 0.294. The first-order valence-electron chi connectivity index (χ1n) is 6.73. The standard InChI is InChI=1S/C17H21NO/c1-4-14-9-11-15(12-10-14)18(3)17-8-6-5-7-16(17)13(2)19/h5-13,19H,4H2,1-3H3. The summed E-state index contributed by atoms with van der Waals surface area (Å²) in [5, 5.41) is 9.86. The van der Waals surface area contributed by atoms with Gasteiger partial charge in [0.15, 0.2) is 0 Å². The molecule has 0 aliphatic carbocycles. The van der Waals surface area contributed by atoms with E-state index in [2.05, 4.69) is 36.1 Å². The highest BCUT2D eigenvalue weighted by Crippen LogP contribution is 2.30. The quantitative estimate of drug-likeness (QED) is 0.890. The van der Waals surface area contributed by atoms with Gasteiger partial charge in [0.1, 0.15) is 0 Å². The predicted molar refractivity (Wildman–Crippen MR) is 81.0 cm³/mol. The first-order chi connectivity index (χ1) is 9.13. The molecular weight excluding hydrogens is 234 g/mol. The van der Waals surface area contributed by atoms with E-state index >= 15 is 0 Å². The van der Waals surface area contributed by atoms with Crippen LogP contribution in [0, 0.1) is 0 Å². The molecule has 0 saturated carbocycles. The summed E-state index contributed by atoms with van der Waals surface area (Å²) in [5.41, 5.74) is 4.46. The Labute approximate surface area is 115 Å². The van der Waals surface area contributed by atoms with Crippen LogP contribution in [0.3, 0.4) is 0 Å². The lowest BCUT2D eigenvalue weighted by atomic mass is 10.1. The van der Waals surface area contributed by atoms with Crippen LogP contribution < -0.4 is 4.90 Å². The highest BCUT2D eigenvalue weighted by molar-refractivity contribution is 5.66. The molecule has 0 radical (unpaired) electrons. The summed E-state index contributed by atoms with van der Waals surface area (Å²) in [7, 11) is 2.03. The Hall–Kier alpha value is -1.80. The number of aliphatic hydroxyl groups excluding tert-OH is 1. The molecule has 0 amide bonds. The highest BCUT2D eigenvalue weighted by atomic mass is 16.3. The molecular formula is C17H21NO. The molecule has 2 heteroatoms. The van der Waals surface area contributed by atoms with Crippen molar-refractivity contribution in [2.75, 3.05) is 11.9 Å². The lowest BCUT2D eigenvalue weighted by molar-refractivity contribution is 0.200. The second kappa shape index (κ2) is 5.89. The van der Waals surface area contributed by atoms with Gasteiger partial charge in [0, 0.05) is 24.0 Å². The van der Waals surface area contributed by atoms with Gasteiger partial charge >= 0.3 is 0 Å². The first-order valence-corrected chi connectivity index (χ1v) is 6.73. The summed E-state index contributed by atoms with van der Waals surface area (Å²) in [6, 6.07) is 16.5. The number of hydrogen-bond donors (Lipinski definition) is 1. The Morgan fingerprint density at radius 1 is 1.05 bits per heavy atom. The summed E-state index contributed by atoms with van der Waals surface area (Å²) >= 11 is 0. The number of anilines is 2. The lowest BCUT2D eigenvalue weighted by Gasteiger charge is -2.24. The molecule has 0 aromatic heterocycles. The number of hydrogen-bond acceptors (Lipinski definition) is 2. The van der Waals surface area contributed by atoms with E-state index in [1.165, 1.54) is 5.56 Å². The zero-order valence-electron chi connectivity index (χ0n) is 11.8. The van der Waals surface area contributed by atoms with E-state index in [1.807, 2.05) is 31.3 Å². The molecule has 0 bridgehead atoms. The molecule has 0 spiro atoms. The van der Waals surface area contributed by atoms with Crippen molar-refractivity contribution in [1.29, 1.82) is 0 Å². The van der Waals surface area contributed by atoms with Crippen LogP contribution in [-0.2, 0) is 6.42 Å². The van der Waals surface area contributed by atoms with Gasteiger partial charge in [-0.3, -0.25) is 0 Å². The molecule has 2 aromatic rings. The van der Waals surface area contributed by atoms with E-state index in [1.54, 1.807) is 6.92 Å². The summed E-state index contributed by atoms with van der Waals surface area (Å²) in [6.45, 7) is 3.95. The lowest BCUT2D eigenvalue weighted by Crippen LogP contribution is -2.12. The van der Waals surface area contributed by atoms with Crippen molar-refractivity contribution in [1.82, 2.24) is 0 Å². The number of nitrogens with zero attached hydrogens (tertiary/aromatic N) is 1. The van der Waals surface area contributed by atoms with Crippen LogP contribution in [0.25, 0.3) is 0 Å². The minimum Gasteiger partial charge on any atom is -0.389 e. The van der Waals surface area contributed by atoms with Gasteiger partial charge in [0.05, 0.1) is 6.10 Å². The fourth-order valence-corrected chi connectivity index (χ4v) is 2.24. The molecule has 0 heterocycles. The Morgan fingerprint density at radius 3 is 2.26 bits per heavy atom. The van der Waals surface area contributed by atoms with Crippen molar-refractivity contribution in [2.24, 2.45) is 0 Å². The van der Waals surface area contributed by atoms with E-state index in [0.717, 1.165) is 23.4 Å². The van der Waals surface area contributed by atoms with Crippen LogP contribution in [0.5, 0.6) is 0 Å². The monoisotopic (exact) mass is 255 g/mol. The summed E-state index contributed by atoms with van der Waals surface area (Å²) < 4.78 is 0. The topological polar surface area (TPSA) is 23.5 Å². The smallest absolute Gasteiger partial charge is 0.0782 e. The van der Waals surface area contributed by atoms with Crippen molar-refractivity contribution in [2.45, 2.75) is 26.4 Å². The molecule has 1 atom stereocenters. The zero-order valence-corrected chi connectivity index (χ0v) is 11.8. The third-order valence-corrected chi connectivity index (χ3v) is 3.48. The van der Waals surface area contributed by atoms with E-state index in [4.69, 9.17) is 0 Å². The van der Waals surface area contributed by atoms with E-state index in [0.29, 0.717) is 0 Å². The van der Waals surface area contributed by atoms with Crippen LogP contribution in [0.15, 0.2) is 48.5 Å². The number of aliphatic hydroxyl groups is 1. The van der Waals surface area contributed by atoms with Crippen molar-refractivity contribution in [3.63, 3.8) is 0 Å². The second-order valence-electron chi connectivity index (χ2n) is 4.81. The SMILES string of the molecule is CCc1ccc(N(C)c2ccccc2C(C)O)cc1. The molecule has 0 aliphatic heterocycles. The van der Waals surface area contributed by atoms with Crippen molar-refractivity contribution < 1.29 is 5.11 Å².